The van der Waals surface area contributed by atoms with Crippen LogP contribution in [0.5, 0.6) is 0 Å². The molecule has 112 valence electrons. The molecule has 1 aromatic carbocycles. The van der Waals surface area contributed by atoms with E-state index in [1.54, 1.807) is 23.6 Å². The summed E-state index contributed by atoms with van der Waals surface area (Å²) in [5.41, 5.74) is 0.952. The van der Waals surface area contributed by atoms with Gasteiger partial charge in [0, 0.05) is 23.9 Å². The van der Waals surface area contributed by atoms with Crippen molar-refractivity contribution in [2.45, 2.75) is 0 Å². The van der Waals surface area contributed by atoms with Crippen molar-refractivity contribution >= 4 is 17.6 Å². The van der Waals surface area contributed by atoms with Gasteiger partial charge < -0.3 is 8.83 Å². The van der Waals surface area contributed by atoms with E-state index in [0.29, 0.717) is 23.4 Å². The first-order valence-corrected chi connectivity index (χ1v) is 7.17. The van der Waals surface area contributed by atoms with E-state index in [1.165, 1.54) is 0 Å². The van der Waals surface area contributed by atoms with Gasteiger partial charge in [-0.25, -0.2) is 14.9 Å². The molecule has 5 nitrogen and oxygen atoms in total. The molecule has 0 aliphatic carbocycles. The first-order valence-electron chi connectivity index (χ1n) is 7.17. The topological polar surface area (TPSA) is 55.3 Å². The smallest absolute Gasteiger partial charge is 0.207 e. The summed E-state index contributed by atoms with van der Waals surface area (Å²) in [7, 11) is 0. The highest BCUT2D eigenvalue weighted by Gasteiger charge is 2.19. The maximum atomic E-state index is 5.52. The molecule has 4 aromatic rings. The highest BCUT2D eigenvalue weighted by molar-refractivity contribution is 5.68. The molecule has 0 radical (unpaired) electrons. The molecule has 0 unspecified atom stereocenters. The molecule has 3 heterocycles. The van der Waals surface area contributed by atoms with Gasteiger partial charge in [0.1, 0.15) is 5.82 Å². The van der Waals surface area contributed by atoms with E-state index in [4.69, 9.17) is 8.83 Å². The Morgan fingerprint density at radius 2 is 1.43 bits per heavy atom. The highest BCUT2D eigenvalue weighted by atomic mass is 16.4. The Morgan fingerprint density at radius 3 is 2.04 bits per heavy atom. The Labute approximate surface area is 132 Å². The molecule has 0 amide bonds. The number of hydrogen-bond donors (Lipinski definition) is 0. The van der Waals surface area contributed by atoms with Crippen LogP contribution < -0.4 is 4.90 Å². The van der Waals surface area contributed by atoms with E-state index in [9.17, 15) is 0 Å². The first kappa shape index (κ1) is 13.3. The quantitative estimate of drug-likeness (QED) is 0.542. The van der Waals surface area contributed by atoms with Crippen molar-refractivity contribution < 1.29 is 8.83 Å². The maximum absolute atomic E-state index is 5.52. The molecule has 0 N–H and O–H groups in total. The molecular formula is C18H13N3O2. The van der Waals surface area contributed by atoms with Gasteiger partial charge >= 0.3 is 0 Å². The predicted octanol–water partition coefficient (Wildman–Crippen LogP) is 4.80. The van der Waals surface area contributed by atoms with Crippen LogP contribution in [0.15, 0.2) is 88.2 Å². The fraction of sp³-hybridized carbons (Fsp3) is 0. The number of benzene rings is 1. The SMILES string of the molecule is c1ccc(-c2nccc(N(c3ccco3)c3ccco3)n2)cc1. The third kappa shape index (κ3) is 2.60. The third-order valence-corrected chi connectivity index (χ3v) is 3.36. The Bertz CT molecular complexity index is 838. The minimum Gasteiger partial charge on any atom is -0.448 e. The number of anilines is 3. The fourth-order valence-electron chi connectivity index (χ4n) is 2.33. The number of hydrogen-bond acceptors (Lipinski definition) is 5. The van der Waals surface area contributed by atoms with Gasteiger partial charge in [0.05, 0.1) is 12.5 Å². The molecule has 0 saturated heterocycles. The molecule has 0 aliphatic heterocycles. The zero-order valence-corrected chi connectivity index (χ0v) is 12.2. The second-order valence-electron chi connectivity index (χ2n) is 4.84. The van der Waals surface area contributed by atoms with Gasteiger partial charge in [-0.3, -0.25) is 0 Å². The van der Waals surface area contributed by atoms with Crippen LogP contribution in [0.25, 0.3) is 11.4 Å². The van der Waals surface area contributed by atoms with Gasteiger partial charge in [-0.2, -0.15) is 0 Å². The number of rotatable bonds is 4. The Balaban J connectivity index is 1.81. The van der Waals surface area contributed by atoms with Gasteiger partial charge in [0.25, 0.3) is 0 Å². The van der Waals surface area contributed by atoms with E-state index in [1.807, 2.05) is 60.7 Å². The van der Waals surface area contributed by atoms with Crippen molar-refractivity contribution in [2.75, 3.05) is 4.90 Å². The van der Waals surface area contributed by atoms with E-state index >= 15 is 0 Å². The van der Waals surface area contributed by atoms with Crippen molar-refractivity contribution in [2.24, 2.45) is 0 Å². The van der Waals surface area contributed by atoms with Crippen LogP contribution >= 0.6 is 0 Å². The lowest BCUT2D eigenvalue weighted by Gasteiger charge is -2.18. The molecule has 0 fully saturated rings. The normalized spacial score (nSPS) is 10.6. The second kappa shape index (κ2) is 5.81. The Morgan fingerprint density at radius 1 is 0.739 bits per heavy atom. The lowest BCUT2D eigenvalue weighted by Crippen LogP contribution is -2.10. The zero-order chi connectivity index (χ0) is 15.5. The summed E-state index contributed by atoms with van der Waals surface area (Å²) in [6, 6.07) is 19.0. The molecule has 0 spiro atoms. The lowest BCUT2D eigenvalue weighted by atomic mass is 10.2. The fourth-order valence-corrected chi connectivity index (χ4v) is 2.33. The van der Waals surface area contributed by atoms with Gasteiger partial charge in [0.15, 0.2) is 5.82 Å². The molecule has 4 rings (SSSR count). The molecule has 3 aromatic heterocycles. The minimum absolute atomic E-state index is 0.623. The van der Waals surface area contributed by atoms with Crippen molar-refractivity contribution in [3.8, 4) is 11.4 Å². The molecule has 23 heavy (non-hydrogen) atoms. The zero-order valence-electron chi connectivity index (χ0n) is 12.2. The van der Waals surface area contributed by atoms with E-state index in [0.717, 1.165) is 5.56 Å². The monoisotopic (exact) mass is 303 g/mol. The standard InChI is InChI=1S/C18H13N3O2/c1-2-6-14(7-3-1)18-19-11-10-15(20-18)21(16-8-4-12-22-16)17-9-5-13-23-17/h1-13H. The van der Waals surface area contributed by atoms with E-state index < -0.39 is 0 Å². The summed E-state index contributed by atoms with van der Waals surface area (Å²) in [5, 5.41) is 0. The molecule has 0 saturated carbocycles. The summed E-state index contributed by atoms with van der Waals surface area (Å²) in [5.74, 6) is 2.56. The van der Waals surface area contributed by atoms with Crippen LogP contribution in [0.1, 0.15) is 0 Å². The molecular weight excluding hydrogens is 290 g/mol. The molecule has 0 aliphatic rings. The predicted molar refractivity (Wildman–Crippen MR) is 86.7 cm³/mol. The Hall–Kier alpha value is -3.34. The minimum atomic E-state index is 0.623. The van der Waals surface area contributed by atoms with Gasteiger partial charge in [0.2, 0.25) is 11.8 Å². The molecule has 0 bridgehead atoms. The van der Waals surface area contributed by atoms with Crippen LogP contribution in [0, 0.1) is 0 Å². The summed E-state index contributed by atoms with van der Waals surface area (Å²) in [6.07, 6.45) is 4.96. The van der Waals surface area contributed by atoms with E-state index in [2.05, 4.69) is 9.97 Å². The van der Waals surface area contributed by atoms with Crippen molar-refractivity contribution in [1.82, 2.24) is 9.97 Å². The van der Waals surface area contributed by atoms with Crippen LogP contribution in [-0.4, -0.2) is 9.97 Å². The van der Waals surface area contributed by atoms with Crippen LogP contribution in [-0.2, 0) is 0 Å². The third-order valence-electron chi connectivity index (χ3n) is 3.36. The summed E-state index contributed by atoms with van der Waals surface area (Å²) >= 11 is 0. The van der Waals surface area contributed by atoms with Crippen molar-refractivity contribution in [1.29, 1.82) is 0 Å². The number of aromatic nitrogens is 2. The molecule has 0 atom stereocenters. The average Bonchev–Trinajstić information content (AvgIpc) is 3.31. The van der Waals surface area contributed by atoms with Crippen molar-refractivity contribution in [3.63, 3.8) is 0 Å². The second-order valence-corrected chi connectivity index (χ2v) is 4.84. The summed E-state index contributed by atoms with van der Waals surface area (Å²) < 4.78 is 11.0. The van der Waals surface area contributed by atoms with Gasteiger partial charge in [-0.05, 0) is 18.2 Å². The maximum Gasteiger partial charge on any atom is 0.207 e. The van der Waals surface area contributed by atoms with Crippen LogP contribution in [0.3, 0.4) is 0 Å². The summed E-state index contributed by atoms with van der Waals surface area (Å²) in [6.45, 7) is 0. The molecule has 5 heteroatoms. The summed E-state index contributed by atoms with van der Waals surface area (Å²) in [4.78, 5) is 10.8. The largest absolute Gasteiger partial charge is 0.448 e. The van der Waals surface area contributed by atoms with E-state index in [-0.39, 0.29) is 0 Å². The van der Waals surface area contributed by atoms with Crippen LogP contribution in [0.4, 0.5) is 17.6 Å². The van der Waals surface area contributed by atoms with Gasteiger partial charge in [-0.15, -0.1) is 0 Å². The van der Waals surface area contributed by atoms with Crippen LogP contribution in [0.2, 0.25) is 0 Å². The number of furan rings is 2. The van der Waals surface area contributed by atoms with Gasteiger partial charge in [-0.1, -0.05) is 30.3 Å². The number of nitrogens with zero attached hydrogens (tertiary/aromatic N) is 3. The highest BCUT2D eigenvalue weighted by Crippen LogP contribution is 2.34. The average molecular weight is 303 g/mol. The lowest BCUT2D eigenvalue weighted by molar-refractivity contribution is 0.538. The van der Waals surface area contributed by atoms with Crippen molar-refractivity contribution in [3.05, 3.63) is 79.4 Å². The Kier molecular flexibility index (Phi) is 3.37. The first-order chi connectivity index (χ1) is 11.4.